The quantitative estimate of drug-likeness (QED) is 0.173. The third kappa shape index (κ3) is 6.92. The van der Waals surface area contributed by atoms with Gasteiger partial charge in [-0.2, -0.15) is 0 Å². The van der Waals surface area contributed by atoms with Crippen molar-refractivity contribution in [2.75, 3.05) is 10.6 Å². The Morgan fingerprint density at radius 3 is 2.40 bits per heavy atom. The number of halogens is 2. The summed E-state index contributed by atoms with van der Waals surface area (Å²) in [6.07, 6.45) is 0. The first-order chi connectivity index (χ1) is 19.4. The first kappa shape index (κ1) is 27.9. The van der Waals surface area contributed by atoms with Crippen molar-refractivity contribution in [3.8, 4) is 11.3 Å². The number of thioether (sulfide) groups is 1. The first-order valence-corrected chi connectivity index (χ1v) is 14.8. The minimum absolute atomic E-state index is 0.195. The van der Waals surface area contributed by atoms with Crippen molar-refractivity contribution in [1.82, 2.24) is 4.98 Å². The summed E-state index contributed by atoms with van der Waals surface area (Å²) in [5.41, 5.74) is 4.55. The van der Waals surface area contributed by atoms with E-state index in [1.807, 2.05) is 79.0 Å². The second-order valence-corrected chi connectivity index (χ2v) is 11.8. The van der Waals surface area contributed by atoms with Crippen molar-refractivity contribution in [3.05, 3.63) is 129 Å². The fourth-order valence-electron chi connectivity index (χ4n) is 3.92. The van der Waals surface area contributed by atoms with Crippen LogP contribution in [0.15, 0.2) is 107 Å². The molecular formula is C31H23Cl2N3O2S2. The van der Waals surface area contributed by atoms with Crippen LogP contribution in [0.5, 0.6) is 0 Å². The Bertz CT molecular complexity index is 1660. The highest BCUT2D eigenvalue weighted by Crippen LogP contribution is 2.38. The van der Waals surface area contributed by atoms with E-state index in [0.29, 0.717) is 32.1 Å². The van der Waals surface area contributed by atoms with Gasteiger partial charge in [0.1, 0.15) is 5.25 Å². The summed E-state index contributed by atoms with van der Waals surface area (Å²) < 4.78 is 0. The SMILES string of the molecule is Cc1ccc(C(=O)Nc2cccc(SC(C(=O)Nc3nc(-c4ccc(Cl)cc4Cl)cs3)c3ccccc3)c2)cc1. The molecule has 9 heteroatoms. The maximum absolute atomic E-state index is 13.6. The number of thiazole rings is 1. The number of nitrogens with zero attached hydrogens (tertiary/aromatic N) is 1. The Hall–Kier alpha value is -3.62. The van der Waals surface area contributed by atoms with Gasteiger partial charge >= 0.3 is 0 Å². The molecule has 5 rings (SSSR count). The van der Waals surface area contributed by atoms with E-state index in [1.54, 1.807) is 30.3 Å². The third-order valence-electron chi connectivity index (χ3n) is 5.94. The van der Waals surface area contributed by atoms with Crippen molar-refractivity contribution >= 4 is 68.9 Å². The molecule has 40 heavy (non-hydrogen) atoms. The monoisotopic (exact) mass is 603 g/mol. The van der Waals surface area contributed by atoms with Crippen LogP contribution >= 0.6 is 46.3 Å². The molecule has 200 valence electrons. The molecule has 0 aliphatic carbocycles. The lowest BCUT2D eigenvalue weighted by Crippen LogP contribution is -2.19. The molecule has 0 spiro atoms. The van der Waals surface area contributed by atoms with Crippen molar-refractivity contribution in [2.24, 2.45) is 0 Å². The average Bonchev–Trinajstić information content (AvgIpc) is 3.40. The predicted molar refractivity (Wildman–Crippen MR) is 167 cm³/mol. The van der Waals surface area contributed by atoms with Gasteiger partial charge in [0, 0.05) is 32.1 Å². The fourth-order valence-corrected chi connectivity index (χ4v) is 6.22. The van der Waals surface area contributed by atoms with Crippen LogP contribution in [0, 0.1) is 6.92 Å². The lowest BCUT2D eigenvalue weighted by Gasteiger charge is -2.17. The molecule has 0 saturated heterocycles. The molecule has 2 N–H and O–H groups in total. The van der Waals surface area contributed by atoms with Crippen LogP contribution in [0.25, 0.3) is 11.3 Å². The molecule has 0 bridgehead atoms. The Labute approximate surface area is 250 Å². The Kier molecular flexibility index (Phi) is 8.87. The maximum Gasteiger partial charge on any atom is 0.255 e. The second kappa shape index (κ2) is 12.7. The van der Waals surface area contributed by atoms with E-state index >= 15 is 0 Å². The smallest absolute Gasteiger partial charge is 0.255 e. The number of rotatable bonds is 8. The van der Waals surface area contributed by atoms with Gasteiger partial charge < -0.3 is 10.6 Å². The summed E-state index contributed by atoms with van der Waals surface area (Å²) in [5.74, 6) is -0.409. The van der Waals surface area contributed by atoms with Gasteiger partial charge in [-0.3, -0.25) is 9.59 Å². The molecule has 2 amide bonds. The van der Waals surface area contributed by atoms with Crippen LogP contribution in [0.3, 0.4) is 0 Å². The van der Waals surface area contributed by atoms with Crippen LogP contribution in [-0.4, -0.2) is 16.8 Å². The lowest BCUT2D eigenvalue weighted by atomic mass is 10.1. The molecule has 0 saturated carbocycles. The van der Waals surface area contributed by atoms with E-state index in [9.17, 15) is 9.59 Å². The van der Waals surface area contributed by atoms with Gasteiger partial charge in [0.2, 0.25) is 5.91 Å². The highest BCUT2D eigenvalue weighted by atomic mass is 35.5. The largest absolute Gasteiger partial charge is 0.322 e. The Balaban J connectivity index is 1.34. The van der Waals surface area contributed by atoms with E-state index in [4.69, 9.17) is 23.2 Å². The van der Waals surface area contributed by atoms with E-state index < -0.39 is 5.25 Å². The van der Waals surface area contributed by atoms with Gasteiger partial charge in [-0.15, -0.1) is 23.1 Å². The number of hydrogen-bond acceptors (Lipinski definition) is 5. The average molecular weight is 605 g/mol. The second-order valence-electron chi connectivity index (χ2n) is 8.91. The number of anilines is 2. The van der Waals surface area contributed by atoms with Crippen molar-refractivity contribution in [1.29, 1.82) is 0 Å². The number of benzene rings is 4. The molecule has 0 aliphatic heterocycles. The van der Waals surface area contributed by atoms with Crippen molar-refractivity contribution in [2.45, 2.75) is 17.1 Å². The Morgan fingerprint density at radius 2 is 1.65 bits per heavy atom. The van der Waals surface area contributed by atoms with Gasteiger partial charge in [0.25, 0.3) is 5.91 Å². The Morgan fingerprint density at radius 1 is 0.875 bits per heavy atom. The number of aromatic nitrogens is 1. The van der Waals surface area contributed by atoms with Gasteiger partial charge in [0.15, 0.2) is 5.13 Å². The molecule has 1 aromatic heterocycles. The summed E-state index contributed by atoms with van der Waals surface area (Å²) >= 11 is 15.1. The molecule has 1 heterocycles. The number of hydrogen-bond donors (Lipinski definition) is 2. The lowest BCUT2D eigenvalue weighted by molar-refractivity contribution is -0.115. The van der Waals surface area contributed by atoms with Crippen molar-refractivity contribution in [3.63, 3.8) is 0 Å². The van der Waals surface area contributed by atoms with Gasteiger partial charge in [-0.1, -0.05) is 77.3 Å². The third-order valence-corrected chi connectivity index (χ3v) is 8.50. The van der Waals surface area contributed by atoms with Crippen LogP contribution in [0.2, 0.25) is 10.0 Å². The number of amides is 2. The minimum Gasteiger partial charge on any atom is -0.322 e. The molecule has 0 radical (unpaired) electrons. The van der Waals surface area contributed by atoms with E-state index in [0.717, 1.165) is 21.6 Å². The maximum atomic E-state index is 13.6. The van der Waals surface area contributed by atoms with Gasteiger partial charge in [0.05, 0.1) is 10.7 Å². The standard InChI is InChI=1S/C31H23Cl2N3O2S2/c1-19-10-12-21(13-11-19)29(37)34-23-8-5-9-24(17-23)40-28(20-6-3-2-4-7-20)30(38)36-31-35-27(18-39-31)25-15-14-22(32)16-26(25)33/h2-18,28H,1H3,(H,34,37)(H,35,36,38). The molecule has 5 aromatic rings. The molecule has 1 atom stereocenters. The fraction of sp³-hybridized carbons (Fsp3) is 0.0645. The van der Waals surface area contributed by atoms with Crippen molar-refractivity contribution < 1.29 is 9.59 Å². The van der Waals surface area contributed by atoms with Crippen LogP contribution < -0.4 is 10.6 Å². The van der Waals surface area contributed by atoms with Gasteiger partial charge in [-0.05, 0) is 61.0 Å². The van der Waals surface area contributed by atoms with E-state index in [-0.39, 0.29) is 11.8 Å². The van der Waals surface area contributed by atoms with E-state index in [1.165, 1.54) is 23.1 Å². The summed E-state index contributed by atoms with van der Waals surface area (Å²) in [5, 5.41) is 8.69. The molecule has 0 aliphatic rings. The number of aryl methyl sites for hydroxylation is 1. The predicted octanol–water partition coefficient (Wildman–Crippen LogP) is 9.15. The number of carbonyl (C=O) groups is 2. The van der Waals surface area contributed by atoms with Crippen LogP contribution in [-0.2, 0) is 4.79 Å². The van der Waals surface area contributed by atoms with E-state index in [2.05, 4.69) is 15.6 Å². The van der Waals surface area contributed by atoms with Crippen LogP contribution in [0.1, 0.15) is 26.7 Å². The molecule has 5 nitrogen and oxygen atoms in total. The first-order valence-electron chi connectivity index (χ1n) is 12.3. The zero-order valence-electron chi connectivity index (χ0n) is 21.2. The minimum atomic E-state index is -0.560. The highest BCUT2D eigenvalue weighted by Gasteiger charge is 2.24. The summed E-state index contributed by atoms with van der Waals surface area (Å²) in [7, 11) is 0. The number of nitrogens with one attached hydrogen (secondary N) is 2. The molecule has 0 fully saturated rings. The summed E-state index contributed by atoms with van der Waals surface area (Å²) in [6.45, 7) is 1.98. The summed E-state index contributed by atoms with van der Waals surface area (Å²) in [4.78, 5) is 31.7. The molecule has 1 unspecified atom stereocenters. The topological polar surface area (TPSA) is 71.1 Å². The zero-order valence-corrected chi connectivity index (χ0v) is 24.4. The molecular weight excluding hydrogens is 581 g/mol. The highest BCUT2D eigenvalue weighted by molar-refractivity contribution is 8.00. The summed E-state index contributed by atoms with van der Waals surface area (Å²) in [6, 6.07) is 29.6. The van der Waals surface area contributed by atoms with Crippen LogP contribution in [0.4, 0.5) is 10.8 Å². The van der Waals surface area contributed by atoms with Gasteiger partial charge in [-0.25, -0.2) is 4.98 Å². The molecule has 4 aromatic carbocycles. The normalized spacial score (nSPS) is 11.6. The zero-order chi connectivity index (χ0) is 28.1. The number of carbonyl (C=O) groups excluding carboxylic acids is 2.